The Bertz CT molecular complexity index is 667. The Kier molecular flexibility index (Phi) is 6.19. The van der Waals surface area contributed by atoms with Gasteiger partial charge in [0.05, 0.1) is 19.7 Å². The van der Waals surface area contributed by atoms with E-state index in [1.165, 1.54) is 18.2 Å². The lowest BCUT2D eigenvalue weighted by Gasteiger charge is -2.27. The summed E-state index contributed by atoms with van der Waals surface area (Å²) in [4.78, 5) is 37.3. The topological polar surface area (TPSA) is 116 Å². The lowest BCUT2D eigenvalue weighted by molar-refractivity contribution is -0.900. The van der Waals surface area contributed by atoms with Crippen molar-refractivity contribution in [2.24, 2.45) is 11.7 Å². The minimum Gasteiger partial charge on any atom is -0.462 e. The zero-order valence-corrected chi connectivity index (χ0v) is 14.9. The van der Waals surface area contributed by atoms with E-state index in [0.717, 1.165) is 19.5 Å². The van der Waals surface area contributed by atoms with Crippen LogP contribution >= 0.6 is 0 Å². The molecule has 0 aromatic carbocycles. The average Bonchev–Trinajstić information content (AvgIpc) is 2.83. The Hall–Kier alpha value is -2.35. The first-order valence-corrected chi connectivity index (χ1v) is 8.57. The first-order valence-electron chi connectivity index (χ1n) is 8.57. The van der Waals surface area contributed by atoms with Crippen molar-refractivity contribution < 1.29 is 28.4 Å². The SMILES string of the molecule is CCOC(=O)c1c(C)oc(NC(=O)C[NH+]2CCC[C@@H](C)C2)c1C(N)=O. The van der Waals surface area contributed by atoms with Crippen LogP contribution in [0.25, 0.3) is 0 Å². The third kappa shape index (κ3) is 4.60. The fraction of sp³-hybridized carbons (Fsp3) is 0.588. The van der Waals surface area contributed by atoms with Crippen molar-refractivity contribution in [2.45, 2.75) is 33.6 Å². The van der Waals surface area contributed by atoms with Crippen molar-refractivity contribution in [3.05, 3.63) is 16.9 Å². The van der Waals surface area contributed by atoms with Crippen LogP contribution in [0, 0.1) is 12.8 Å². The van der Waals surface area contributed by atoms with E-state index >= 15 is 0 Å². The number of ether oxygens (including phenoxy) is 1. The van der Waals surface area contributed by atoms with Gasteiger partial charge in [-0.1, -0.05) is 6.92 Å². The van der Waals surface area contributed by atoms with Crippen LogP contribution in [0.1, 0.15) is 53.2 Å². The number of hydrogen-bond donors (Lipinski definition) is 3. The van der Waals surface area contributed by atoms with Crippen LogP contribution in [0.5, 0.6) is 0 Å². The average molecular weight is 352 g/mol. The summed E-state index contributed by atoms with van der Waals surface area (Å²) in [6, 6.07) is 0. The molecule has 8 heteroatoms. The van der Waals surface area contributed by atoms with Crippen molar-refractivity contribution in [1.82, 2.24) is 0 Å². The second-order valence-electron chi connectivity index (χ2n) is 6.50. The molecule has 0 radical (unpaired) electrons. The molecule has 25 heavy (non-hydrogen) atoms. The van der Waals surface area contributed by atoms with E-state index in [-0.39, 0.29) is 41.8 Å². The number of rotatable bonds is 6. The number of likely N-dealkylation sites (tertiary alicyclic amines) is 1. The molecule has 2 rings (SSSR count). The highest BCUT2D eigenvalue weighted by atomic mass is 16.5. The largest absolute Gasteiger partial charge is 0.462 e. The molecule has 2 heterocycles. The quantitative estimate of drug-likeness (QED) is 0.629. The van der Waals surface area contributed by atoms with Gasteiger partial charge in [-0.2, -0.15) is 0 Å². The van der Waals surface area contributed by atoms with Gasteiger partial charge in [-0.05, 0) is 26.7 Å². The van der Waals surface area contributed by atoms with Gasteiger partial charge in [-0.3, -0.25) is 14.9 Å². The zero-order chi connectivity index (χ0) is 18.6. The van der Waals surface area contributed by atoms with Crippen LogP contribution in [-0.2, 0) is 9.53 Å². The first kappa shape index (κ1) is 19.0. The van der Waals surface area contributed by atoms with Gasteiger partial charge in [0.1, 0.15) is 16.9 Å². The Morgan fingerprint density at radius 1 is 1.36 bits per heavy atom. The highest BCUT2D eigenvalue weighted by Crippen LogP contribution is 2.27. The summed E-state index contributed by atoms with van der Waals surface area (Å²) in [6.45, 7) is 7.64. The van der Waals surface area contributed by atoms with Gasteiger partial charge in [-0.15, -0.1) is 0 Å². The van der Waals surface area contributed by atoms with E-state index in [4.69, 9.17) is 14.9 Å². The molecule has 8 nitrogen and oxygen atoms in total. The number of primary amides is 1. The van der Waals surface area contributed by atoms with Crippen LogP contribution in [0.3, 0.4) is 0 Å². The minimum absolute atomic E-state index is 0.0383. The van der Waals surface area contributed by atoms with E-state index in [1.54, 1.807) is 6.92 Å². The van der Waals surface area contributed by atoms with Gasteiger partial charge in [0, 0.05) is 5.92 Å². The number of furan rings is 1. The van der Waals surface area contributed by atoms with Gasteiger partial charge in [0.2, 0.25) is 5.88 Å². The molecule has 1 aromatic rings. The smallest absolute Gasteiger partial charge is 0.342 e. The number of anilines is 1. The number of carbonyl (C=O) groups is 3. The molecule has 0 aliphatic carbocycles. The summed E-state index contributed by atoms with van der Waals surface area (Å²) in [7, 11) is 0. The summed E-state index contributed by atoms with van der Waals surface area (Å²) in [5.74, 6) is -1.17. The van der Waals surface area contributed by atoms with Crippen LogP contribution in [0.2, 0.25) is 0 Å². The lowest BCUT2D eigenvalue weighted by Crippen LogP contribution is -3.14. The zero-order valence-electron chi connectivity index (χ0n) is 14.9. The van der Waals surface area contributed by atoms with Gasteiger partial charge < -0.3 is 19.8 Å². The molecule has 1 aliphatic heterocycles. The van der Waals surface area contributed by atoms with Crippen molar-refractivity contribution in [2.75, 3.05) is 31.6 Å². The number of carbonyl (C=O) groups excluding carboxylic acids is 3. The highest BCUT2D eigenvalue weighted by Gasteiger charge is 2.30. The van der Waals surface area contributed by atoms with E-state index in [0.29, 0.717) is 5.92 Å². The first-order chi connectivity index (χ1) is 11.8. The predicted octanol–water partition coefficient (Wildman–Crippen LogP) is 0.117. The molecular weight excluding hydrogens is 326 g/mol. The molecule has 1 unspecified atom stereocenters. The Labute approximate surface area is 146 Å². The van der Waals surface area contributed by atoms with Crippen LogP contribution in [-0.4, -0.2) is 44.0 Å². The molecular formula is C17H26N3O5+. The summed E-state index contributed by atoms with van der Waals surface area (Å²) < 4.78 is 10.3. The Balaban J connectivity index is 2.15. The summed E-state index contributed by atoms with van der Waals surface area (Å²) in [5.41, 5.74) is 5.19. The number of piperidine rings is 1. The maximum Gasteiger partial charge on any atom is 0.342 e. The maximum absolute atomic E-state index is 12.3. The number of esters is 1. The number of aryl methyl sites for hydroxylation is 1. The summed E-state index contributed by atoms with van der Waals surface area (Å²) in [5, 5.41) is 2.58. The number of quaternary nitrogens is 1. The van der Waals surface area contributed by atoms with Crippen LogP contribution in [0.15, 0.2) is 4.42 Å². The second kappa shape index (κ2) is 8.15. The number of hydrogen-bond acceptors (Lipinski definition) is 5. The Morgan fingerprint density at radius 2 is 2.08 bits per heavy atom. The fourth-order valence-corrected chi connectivity index (χ4v) is 3.27. The molecule has 2 amide bonds. The molecule has 1 aromatic heterocycles. The van der Waals surface area contributed by atoms with E-state index < -0.39 is 11.9 Å². The van der Waals surface area contributed by atoms with Crippen molar-refractivity contribution >= 4 is 23.7 Å². The number of nitrogens with two attached hydrogens (primary N) is 1. The molecule has 1 saturated heterocycles. The number of amides is 2. The normalized spacial score (nSPS) is 20.1. The second-order valence-corrected chi connectivity index (χ2v) is 6.50. The predicted molar refractivity (Wildman–Crippen MR) is 90.5 cm³/mol. The van der Waals surface area contributed by atoms with E-state index in [2.05, 4.69) is 12.2 Å². The molecule has 2 atom stereocenters. The van der Waals surface area contributed by atoms with E-state index in [1.807, 2.05) is 0 Å². The molecule has 0 bridgehead atoms. The van der Waals surface area contributed by atoms with Crippen molar-refractivity contribution in [3.63, 3.8) is 0 Å². The third-order valence-corrected chi connectivity index (χ3v) is 4.34. The number of nitrogens with one attached hydrogen (secondary N) is 2. The van der Waals surface area contributed by atoms with Crippen LogP contribution < -0.4 is 16.0 Å². The Morgan fingerprint density at radius 3 is 2.68 bits per heavy atom. The monoisotopic (exact) mass is 352 g/mol. The van der Waals surface area contributed by atoms with Gasteiger partial charge in [-0.25, -0.2) is 4.79 Å². The third-order valence-electron chi connectivity index (χ3n) is 4.34. The molecule has 4 N–H and O–H groups in total. The highest BCUT2D eigenvalue weighted by molar-refractivity contribution is 6.10. The molecule has 1 fully saturated rings. The molecule has 0 spiro atoms. The van der Waals surface area contributed by atoms with Gasteiger partial charge in [0.15, 0.2) is 6.54 Å². The van der Waals surface area contributed by atoms with Gasteiger partial charge >= 0.3 is 5.97 Å². The molecule has 1 aliphatic rings. The van der Waals surface area contributed by atoms with Crippen molar-refractivity contribution in [1.29, 1.82) is 0 Å². The molecule has 138 valence electrons. The van der Waals surface area contributed by atoms with Gasteiger partial charge in [0.25, 0.3) is 11.8 Å². The fourth-order valence-electron chi connectivity index (χ4n) is 3.27. The minimum atomic E-state index is -0.853. The maximum atomic E-state index is 12.3. The van der Waals surface area contributed by atoms with Crippen molar-refractivity contribution in [3.8, 4) is 0 Å². The summed E-state index contributed by atoms with van der Waals surface area (Å²) >= 11 is 0. The lowest BCUT2D eigenvalue weighted by atomic mass is 10.0. The standard InChI is InChI=1S/C17H25N3O5/c1-4-24-17(23)13-11(3)25-16(14(13)15(18)22)19-12(21)9-20-7-5-6-10(2)8-20/h10H,4-9H2,1-3H3,(H2,18,22)(H,19,21)/p+1/t10-/m1/s1. The molecule has 0 saturated carbocycles. The summed E-state index contributed by atoms with van der Waals surface area (Å²) in [6.07, 6.45) is 2.26. The van der Waals surface area contributed by atoms with E-state index in [9.17, 15) is 14.4 Å². The van der Waals surface area contributed by atoms with Crippen LogP contribution in [0.4, 0.5) is 5.88 Å².